The Morgan fingerprint density at radius 1 is 1.20 bits per heavy atom. The molecule has 0 radical (unpaired) electrons. The van der Waals surface area contributed by atoms with Crippen molar-refractivity contribution in [3.05, 3.63) is 66.0 Å². The van der Waals surface area contributed by atoms with Crippen LogP contribution in [0.3, 0.4) is 0 Å². The van der Waals surface area contributed by atoms with Gasteiger partial charge < -0.3 is 10.0 Å². The van der Waals surface area contributed by atoms with Crippen molar-refractivity contribution in [1.82, 2.24) is 9.88 Å². The Bertz CT molecular complexity index is 602. The molecule has 0 saturated carbocycles. The van der Waals surface area contributed by atoms with Gasteiger partial charge in [0, 0.05) is 37.3 Å². The van der Waals surface area contributed by atoms with E-state index in [0.29, 0.717) is 13.0 Å². The maximum absolute atomic E-state index is 11.1. The summed E-state index contributed by atoms with van der Waals surface area (Å²) in [6.07, 6.45) is 4.93. The topological polar surface area (TPSA) is 36.4 Å². The number of pyridine rings is 1. The average Bonchev–Trinajstić information content (AvgIpc) is 2.79. The fourth-order valence-corrected chi connectivity index (χ4v) is 2.97. The lowest BCUT2D eigenvalue weighted by molar-refractivity contribution is -0.0678. The minimum absolute atomic E-state index is 0.581. The summed E-state index contributed by atoms with van der Waals surface area (Å²) < 4.78 is 0. The van der Waals surface area contributed by atoms with E-state index in [9.17, 15) is 5.11 Å². The lowest BCUT2D eigenvalue weighted by Gasteiger charge is -2.35. The Hall–Kier alpha value is -1.78. The molecule has 1 fully saturated rings. The van der Waals surface area contributed by atoms with Gasteiger partial charge in [0.05, 0.1) is 4.99 Å². The molecule has 1 unspecified atom stereocenters. The van der Waals surface area contributed by atoms with E-state index in [2.05, 4.69) is 4.98 Å². The van der Waals surface area contributed by atoms with Gasteiger partial charge in [0.25, 0.3) is 0 Å². The zero-order chi connectivity index (χ0) is 14.0. The van der Waals surface area contributed by atoms with E-state index in [4.69, 9.17) is 12.2 Å². The minimum Gasteiger partial charge on any atom is -0.367 e. The molecule has 0 bridgehead atoms. The Morgan fingerprint density at radius 3 is 2.70 bits per heavy atom. The van der Waals surface area contributed by atoms with Gasteiger partial charge in [-0.25, -0.2) is 0 Å². The summed E-state index contributed by atoms with van der Waals surface area (Å²) in [5.74, 6) is 0. The SMILES string of the molecule is OC1(c2ccccc2)CCC(=S)N1Cc1cccnc1. The highest BCUT2D eigenvalue weighted by Gasteiger charge is 2.42. The number of aliphatic hydroxyl groups is 1. The monoisotopic (exact) mass is 284 g/mol. The second-order valence-corrected chi connectivity index (χ2v) is 5.50. The Kier molecular flexibility index (Phi) is 3.51. The van der Waals surface area contributed by atoms with Crippen LogP contribution < -0.4 is 0 Å². The Labute approximate surface area is 123 Å². The molecule has 1 atom stereocenters. The molecule has 1 aliphatic rings. The first-order valence-electron chi connectivity index (χ1n) is 6.67. The predicted octanol–water partition coefficient (Wildman–Crippen LogP) is 2.85. The number of aromatic nitrogens is 1. The van der Waals surface area contributed by atoms with Gasteiger partial charge in [-0.15, -0.1) is 0 Å². The quantitative estimate of drug-likeness (QED) is 0.879. The molecule has 0 aliphatic carbocycles. The van der Waals surface area contributed by atoms with E-state index in [1.54, 1.807) is 6.20 Å². The molecule has 1 aliphatic heterocycles. The highest BCUT2D eigenvalue weighted by molar-refractivity contribution is 7.80. The summed E-state index contributed by atoms with van der Waals surface area (Å²) in [5, 5.41) is 11.1. The first-order chi connectivity index (χ1) is 9.70. The van der Waals surface area contributed by atoms with Crippen molar-refractivity contribution in [3.63, 3.8) is 0 Å². The third kappa shape index (κ3) is 2.32. The molecule has 2 heterocycles. The molecular weight excluding hydrogens is 268 g/mol. The van der Waals surface area contributed by atoms with Crippen LogP contribution in [0, 0.1) is 0 Å². The highest BCUT2D eigenvalue weighted by atomic mass is 32.1. The van der Waals surface area contributed by atoms with Gasteiger partial charge in [-0.2, -0.15) is 0 Å². The molecule has 1 aromatic heterocycles. The van der Waals surface area contributed by atoms with E-state index in [1.165, 1.54) is 0 Å². The van der Waals surface area contributed by atoms with Gasteiger partial charge in [-0.3, -0.25) is 4.98 Å². The first-order valence-corrected chi connectivity index (χ1v) is 7.08. The summed E-state index contributed by atoms with van der Waals surface area (Å²) in [6.45, 7) is 0.581. The minimum atomic E-state index is -1.01. The Morgan fingerprint density at radius 2 is 2.00 bits per heavy atom. The van der Waals surface area contributed by atoms with Gasteiger partial charge >= 0.3 is 0 Å². The summed E-state index contributed by atoms with van der Waals surface area (Å²) in [6, 6.07) is 13.6. The normalized spacial score (nSPS) is 22.2. The molecule has 0 spiro atoms. The molecule has 1 N–H and O–H groups in total. The largest absolute Gasteiger partial charge is 0.367 e. The van der Waals surface area contributed by atoms with Crippen LogP contribution in [0.15, 0.2) is 54.9 Å². The molecule has 4 heteroatoms. The summed E-state index contributed by atoms with van der Waals surface area (Å²) in [7, 11) is 0. The predicted molar refractivity (Wildman–Crippen MR) is 82.0 cm³/mol. The number of benzene rings is 1. The first kappa shape index (κ1) is 13.2. The molecule has 20 heavy (non-hydrogen) atoms. The van der Waals surface area contributed by atoms with Crippen LogP contribution in [0.5, 0.6) is 0 Å². The van der Waals surface area contributed by atoms with Crippen molar-refractivity contribution in [2.24, 2.45) is 0 Å². The lowest BCUT2D eigenvalue weighted by atomic mass is 10.00. The van der Waals surface area contributed by atoms with Crippen molar-refractivity contribution in [1.29, 1.82) is 0 Å². The fraction of sp³-hybridized carbons (Fsp3) is 0.250. The number of hydrogen-bond donors (Lipinski definition) is 1. The second kappa shape index (κ2) is 5.31. The molecule has 1 aromatic carbocycles. The van der Waals surface area contributed by atoms with Crippen molar-refractivity contribution < 1.29 is 5.11 Å². The molecule has 2 aromatic rings. The van der Waals surface area contributed by atoms with Crippen molar-refractivity contribution >= 4 is 17.2 Å². The maximum Gasteiger partial charge on any atom is 0.165 e. The fourth-order valence-electron chi connectivity index (χ4n) is 2.66. The summed E-state index contributed by atoms with van der Waals surface area (Å²) in [5.41, 5.74) is 0.934. The molecular formula is C16H16N2OS. The standard InChI is InChI=1S/C16H16N2OS/c19-16(14-6-2-1-3-7-14)9-8-15(20)18(16)12-13-5-4-10-17-11-13/h1-7,10-11,19H,8-9,12H2. The summed E-state index contributed by atoms with van der Waals surface area (Å²) in [4.78, 5) is 6.84. The average molecular weight is 284 g/mol. The van der Waals surface area contributed by atoms with Gasteiger partial charge in [0.2, 0.25) is 0 Å². The van der Waals surface area contributed by atoms with Gasteiger partial charge in [-0.05, 0) is 11.6 Å². The number of hydrogen-bond acceptors (Lipinski definition) is 3. The van der Waals surface area contributed by atoms with Gasteiger partial charge in [0.1, 0.15) is 0 Å². The van der Waals surface area contributed by atoms with Gasteiger partial charge in [-0.1, -0.05) is 48.6 Å². The summed E-state index contributed by atoms with van der Waals surface area (Å²) >= 11 is 5.43. The molecule has 0 amide bonds. The van der Waals surface area contributed by atoms with Crippen LogP contribution in [0.4, 0.5) is 0 Å². The smallest absolute Gasteiger partial charge is 0.165 e. The van der Waals surface area contributed by atoms with Gasteiger partial charge in [0.15, 0.2) is 5.72 Å². The van der Waals surface area contributed by atoms with Crippen molar-refractivity contribution in [3.8, 4) is 0 Å². The number of nitrogens with zero attached hydrogens (tertiary/aromatic N) is 2. The zero-order valence-corrected chi connectivity index (χ0v) is 11.9. The highest BCUT2D eigenvalue weighted by Crippen LogP contribution is 2.38. The van der Waals surface area contributed by atoms with Crippen LogP contribution in [0.25, 0.3) is 0 Å². The maximum atomic E-state index is 11.1. The number of rotatable bonds is 3. The third-order valence-corrected chi connectivity index (χ3v) is 4.16. The van der Waals surface area contributed by atoms with Crippen molar-refractivity contribution in [2.45, 2.75) is 25.1 Å². The lowest BCUT2D eigenvalue weighted by Crippen LogP contribution is -2.42. The van der Waals surface area contributed by atoms with E-state index in [-0.39, 0.29) is 0 Å². The van der Waals surface area contributed by atoms with Crippen LogP contribution in [-0.4, -0.2) is 20.0 Å². The molecule has 3 rings (SSSR count). The zero-order valence-electron chi connectivity index (χ0n) is 11.1. The van der Waals surface area contributed by atoms with E-state index >= 15 is 0 Å². The van der Waals surface area contributed by atoms with Crippen molar-refractivity contribution in [2.75, 3.05) is 0 Å². The van der Waals surface area contributed by atoms with E-state index < -0.39 is 5.72 Å². The number of likely N-dealkylation sites (tertiary alicyclic amines) is 1. The molecule has 102 valence electrons. The van der Waals surface area contributed by atoms with E-state index in [0.717, 1.165) is 22.5 Å². The van der Waals surface area contributed by atoms with Crippen LogP contribution in [-0.2, 0) is 12.3 Å². The third-order valence-electron chi connectivity index (χ3n) is 3.73. The van der Waals surface area contributed by atoms with E-state index in [1.807, 2.05) is 53.6 Å². The second-order valence-electron chi connectivity index (χ2n) is 5.02. The molecule has 3 nitrogen and oxygen atoms in total. The number of thiocarbonyl (C=S) groups is 1. The van der Waals surface area contributed by atoms with Crippen LogP contribution in [0.1, 0.15) is 24.0 Å². The molecule has 1 saturated heterocycles. The van der Waals surface area contributed by atoms with Crippen LogP contribution >= 0.6 is 12.2 Å². The van der Waals surface area contributed by atoms with Crippen LogP contribution in [0.2, 0.25) is 0 Å². The Balaban J connectivity index is 1.93.